The van der Waals surface area contributed by atoms with Crippen LogP contribution in [0.4, 0.5) is 4.39 Å². The summed E-state index contributed by atoms with van der Waals surface area (Å²) in [6.07, 6.45) is 0.781. The average Bonchev–Trinajstić information content (AvgIpc) is 2.38. The smallest absolute Gasteiger partial charge is 0.131 e. The van der Waals surface area contributed by atoms with Gasteiger partial charge < -0.3 is 9.47 Å². The number of nitrogens with one attached hydrogen (secondary N) is 1. The van der Waals surface area contributed by atoms with Crippen molar-refractivity contribution in [2.75, 3.05) is 20.8 Å². The maximum absolute atomic E-state index is 13.9. The van der Waals surface area contributed by atoms with E-state index in [1.807, 2.05) is 6.92 Å². The minimum Gasteiger partial charge on any atom is -0.496 e. The summed E-state index contributed by atoms with van der Waals surface area (Å²) in [5.74, 6) is 5.87. The summed E-state index contributed by atoms with van der Waals surface area (Å²) in [4.78, 5) is 0. The van der Waals surface area contributed by atoms with Crippen LogP contribution in [0, 0.1) is 11.7 Å². The van der Waals surface area contributed by atoms with Crippen LogP contribution in [0.1, 0.15) is 24.9 Å². The van der Waals surface area contributed by atoms with Crippen LogP contribution in [0.25, 0.3) is 0 Å². The maximum atomic E-state index is 13.9. The Balaban J connectivity index is 3.00. The zero-order chi connectivity index (χ0) is 13.5. The highest BCUT2D eigenvalue weighted by atomic mass is 19.1. The molecule has 18 heavy (non-hydrogen) atoms. The van der Waals surface area contributed by atoms with Crippen molar-refractivity contribution in [2.24, 2.45) is 11.8 Å². The predicted octanol–water partition coefficient (Wildman–Crippen LogP) is 2.01. The lowest BCUT2D eigenvalue weighted by Gasteiger charge is -2.25. The summed E-state index contributed by atoms with van der Waals surface area (Å²) in [6, 6.07) is 4.44. The lowest BCUT2D eigenvalue weighted by Crippen LogP contribution is -2.34. The Kier molecular flexibility index (Phi) is 6.04. The van der Waals surface area contributed by atoms with Crippen LogP contribution in [-0.2, 0) is 4.74 Å². The number of hydrazine groups is 1. The van der Waals surface area contributed by atoms with Crippen molar-refractivity contribution in [3.05, 3.63) is 29.6 Å². The molecule has 0 fully saturated rings. The second kappa shape index (κ2) is 7.31. The zero-order valence-electron chi connectivity index (χ0n) is 11.1. The van der Waals surface area contributed by atoms with Crippen LogP contribution >= 0.6 is 0 Å². The fourth-order valence-electron chi connectivity index (χ4n) is 2.00. The number of hydrogen-bond donors (Lipinski definition) is 2. The Hall–Kier alpha value is -1.17. The summed E-state index contributed by atoms with van der Waals surface area (Å²) in [5.41, 5.74) is 3.13. The topological polar surface area (TPSA) is 56.5 Å². The van der Waals surface area contributed by atoms with Gasteiger partial charge in [-0.15, -0.1) is 0 Å². The van der Waals surface area contributed by atoms with Crippen molar-refractivity contribution in [1.82, 2.24) is 5.43 Å². The largest absolute Gasteiger partial charge is 0.496 e. The summed E-state index contributed by atoms with van der Waals surface area (Å²) >= 11 is 0. The first-order valence-electron chi connectivity index (χ1n) is 5.93. The minimum atomic E-state index is -0.318. The zero-order valence-corrected chi connectivity index (χ0v) is 11.1. The molecule has 0 radical (unpaired) electrons. The van der Waals surface area contributed by atoms with Gasteiger partial charge in [-0.3, -0.25) is 11.3 Å². The van der Waals surface area contributed by atoms with Crippen molar-refractivity contribution in [3.63, 3.8) is 0 Å². The number of rotatable bonds is 7. The van der Waals surface area contributed by atoms with E-state index in [9.17, 15) is 4.39 Å². The minimum absolute atomic E-state index is 0.126. The van der Waals surface area contributed by atoms with Crippen LogP contribution in [-0.4, -0.2) is 20.8 Å². The van der Waals surface area contributed by atoms with Gasteiger partial charge in [-0.2, -0.15) is 0 Å². The highest BCUT2D eigenvalue weighted by Gasteiger charge is 2.24. The summed E-state index contributed by atoms with van der Waals surface area (Å²) in [6.45, 7) is 2.60. The van der Waals surface area contributed by atoms with Crippen LogP contribution in [0.5, 0.6) is 5.75 Å². The molecular formula is C13H21FN2O2. The highest BCUT2D eigenvalue weighted by molar-refractivity contribution is 5.37. The molecule has 4 nitrogen and oxygen atoms in total. The molecule has 2 atom stereocenters. The fourth-order valence-corrected chi connectivity index (χ4v) is 2.00. The third-order valence-electron chi connectivity index (χ3n) is 3.07. The van der Waals surface area contributed by atoms with Gasteiger partial charge in [0.15, 0.2) is 0 Å². The molecule has 0 spiro atoms. The Labute approximate surface area is 107 Å². The van der Waals surface area contributed by atoms with Crippen molar-refractivity contribution in [1.29, 1.82) is 0 Å². The van der Waals surface area contributed by atoms with Gasteiger partial charge in [-0.1, -0.05) is 13.0 Å². The Morgan fingerprint density at radius 3 is 2.67 bits per heavy atom. The van der Waals surface area contributed by atoms with E-state index in [1.54, 1.807) is 19.2 Å². The Morgan fingerprint density at radius 1 is 1.39 bits per heavy atom. The SMILES string of the molecule is COCCC(C)C(NN)c1c(F)cccc1OC. The van der Waals surface area contributed by atoms with Gasteiger partial charge >= 0.3 is 0 Å². The molecule has 0 heterocycles. The standard InChI is InChI=1S/C13H21FN2O2/c1-9(7-8-17-2)13(16-15)12-10(14)5-4-6-11(12)18-3/h4-6,9,13,16H,7-8,15H2,1-3H3. The average molecular weight is 256 g/mol. The molecule has 0 aliphatic heterocycles. The summed E-state index contributed by atoms with van der Waals surface area (Å²) < 4.78 is 24.2. The number of nitrogens with two attached hydrogens (primary N) is 1. The third kappa shape index (κ3) is 3.41. The van der Waals surface area contributed by atoms with Crippen molar-refractivity contribution in [2.45, 2.75) is 19.4 Å². The molecule has 1 rings (SSSR count). The molecule has 0 saturated heterocycles. The first kappa shape index (κ1) is 14.9. The Bertz CT molecular complexity index is 374. The molecule has 0 aromatic heterocycles. The third-order valence-corrected chi connectivity index (χ3v) is 3.07. The predicted molar refractivity (Wildman–Crippen MR) is 68.7 cm³/mol. The second-order valence-corrected chi connectivity index (χ2v) is 4.26. The van der Waals surface area contributed by atoms with Crippen LogP contribution in [0.2, 0.25) is 0 Å². The summed E-state index contributed by atoms with van der Waals surface area (Å²) in [7, 11) is 3.16. The first-order valence-corrected chi connectivity index (χ1v) is 5.93. The quantitative estimate of drug-likeness (QED) is 0.579. The molecular weight excluding hydrogens is 235 g/mol. The number of ether oxygens (including phenoxy) is 2. The molecule has 2 unspecified atom stereocenters. The van der Waals surface area contributed by atoms with E-state index in [0.717, 1.165) is 6.42 Å². The number of halogens is 1. The molecule has 0 aliphatic carbocycles. The maximum Gasteiger partial charge on any atom is 0.131 e. The molecule has 5 heteroatoms. The molecule has 1 aromatic carbocycles. The van der Waals surface area contributed by atoms with Crippen molar-refractivity contribution in [3.8, 4) is 5.75 Å². The van der Waals surface area contributed by atoms with Gasteiger partial charge in [0, 0.05) is 19.3 Å². The van der Waals surface area contributed by atoms with Gasteiger partial charge in [-0.05, 0) is 24.5 Å². The molecule has 0 aliphatic rings. The fraction of sp³-hybridized carbons (Fsp3) is 0.538. The molecule has 1 aromatic rings. The van der Waals surface area contributed by atoms with E-state index in [-0.39, 0.29) is 17.8 Å². The van der Waals surface area contributed by atoms with E-state index in [0.29, 0.717) is 17.9 Å². The van der Waals surface area contributed by atoms with Crippen molar-refractivity contribution >= 4 is 0 Å². The summed E-state index contributed by atoms with van der Waals surface area (Å²) in [5, 5.41) is 0. The van der Waals surface area contributed by atoms with E-state index < -0.39 is 0 Å². The number of benzene rings is 1. The van der Waals surface area contributed by atoms with Gasteiger partial charge in [0.1, 0.15) is 11.6 Å². The normalized spacial score (nSPS) is 14.3. The molecule has 102 valence electrons. The number of hydrogen-bond acceptors (Lipinski definition) is 4. The monoisotopic (exact) mass is 256 g/mol. The van der Waals surface area contributed by atoms with Gasteiger partial charge in [0.05, 0.1) is 13.2 Å². The Morgan fingerprint density at radius 2 is 2.11 bits per heavy atom. The van der Waals surface area contributed by atoms with Crippen LogP contribution in [0.3, 0.4) is 0 Å². The van der Waals surface area contributed by atoms with Crippen molar-refractivity contribution < 1.29 is 13.9 Å². The van der Waals surface area contributed by atoms with Gasteiger partial charge in [-0.25, -0.2) is 4.39 Å². The molecule has 0 amide bonds. The van der Waals surface area contributed by atoms with E-state index in [2.05, 4.69) is 5.43 Å². The van der Waals surface area contributed by atoms with Crippen LogP contribution in [0.15, 0.2) is 18.2 Å². The highest BCUT2D eigenvalue weighted by Crippen LogP contribution is 2.33. The van der Waals surface area contributed by atoms with Gasteiger partial charge in [0.25, 0.3) is 0 Å². The van der Waals surface area contributed by atoms with E-state index >= 15 is 0 Å². The van der Waals surface area contributed by atoms with E-state index in [1.165, 1.54) is 13.2 Å². The number of methoxy groups -OCH3 is 2. The lowest BCUT2D eigenvalue weighted by atomic mass is 9.91. The molecule has 0 saturated carbocycles. The molecule has 0 bridgehead atoms. The van der Waals surface area contributed by atoms with Gasteiger partial charge in [0.2, 0.25) is 0 Å². The van der Waals surface area contributed by atoms with Crippen LogP contribution < -0.4 is 16.0 Å². The van der Waals surface area contributed by atoms with E-state index in [4.69, 9.17) is 15.3 Å². The molecule has 3 N–H and O–H groups in total. The lowest BCUT2D eigenvalue weighted by molar-refractivity contribution is 0.169. The second-order valence-electron chi connectivity index (χ2n) is 4.26. The first-order chi connectivity index (χ1) is 8.65.